The van der Waals surface area contributed by atoms with Gasteiger partial charge in [0, 0.05) is 10.7 Å². The van der Waals surface area contributed by atoms with Crippen LogP contribution in [0.5, 0.6) is 0 Å². The number of rotatable bonds is 5. The topological polar surface area (TPSA) is 81.4 Å². The summed E-state index contributed by atoms with van der Waals surface area (Å²) in [6.45, 7) is 2.16. The molecule has 0 amide bonds. The molecule has 0 spiro atoms. The number of aromatic nitrogens is 2. The Morgan fingerprint density at radius 2 is 2.10 bits per heavy atom. The fourth-order valence-electron chi connectivity index (χ4n) is 1.81. The number of esters is 1. The number of benzene rings is 1. The summed E-state index contributed by atoms with van der Waals surface area (Å²) in [7, 11) is 0. The van der Waals surface area contributed by atoms with Gasteiger partial charge in [-0.1, -0.05) is 34.1 Å². The van der Waals surface area contributed by atoms with Crippen molar-refractivity contribution in [3.63, 3.8) is 0 Å². The summed E-state index contributed by atoms with van der Waals surface area (Å²) in [5, 5.41) is 13.2. The monoisotopic (exact) mass is 352 g/mol. The third kappa shape index (κ3) is 3.49. The number of carboxylic acid groups (broad SMARTS) is 1. The lowest BCUT2D eigenvalue weighted by molar-refractivity contribution is 0.0507. The molecule has 0 unspecified atom stereocenters. The van der Waals surface area contributed by atoms with Crippen LogP contribution < -0.4 is 0 Å². The number of hydrogen-bond acceptors (Lipinski definition) is 4. The van der Waals surface area contributed by atoms with Crippen molar-refractivity contribution in [2.24, 2.45) is 0 Å². The van der Waals surface area contributed by atoms with E-state index in [-0.39, 0.29) is 17.9 Å². The van der Waals surface area contributed by atoms with Gasteiger partial charge in [0.05, 0.1) is 13.2 Å². The number of halogens is 1. The van der Waals surface area contributed by atoms with Crippen molar-refractivity contribution in [3.05, 3.63) is 51.8 Å². The van der Waals surface area contributed by atoms with Crippen molar-refractivity contribution >= 4 is 27.9 Å². The van der Waals surface area contributed by atoms with E-state index in [1.54, 1.807) is 6.92 Å². The molecule has 0 radical (unpaired) electrons. The van der Waals surface area contributed by atoms with E-state index in [0.717, 1.165) is 10.0 Å². The van der Waals surface area contributed by atoms with Gasteiger partial charge in [0.2, 0.25) is 0 Å². The van der Waals surface area contributed by atoms with E-state index in [0.29, 0.717) is 6.54 Å². The van der Waals surface area contributed by atoms with Crippen LogP contribution in [0.2, 0.25) is 0 Å². The van der Waals surface area contributed by atoms with E-state index in [9.17, 15) is 9.59 Å². The van der Waals surface area contributed by atoms with Gasteiger partial charge in [-0.15, -0.1) is 0 Å². The van der Waals surface area contributed by atoms with E-state index >= 15 is 0 Å². The first-order valence-electron chi connectivity index (χ1n) is 6.24. The zero-order valence-corrected chi connectivity index (χ0v) is 12.8. The summed E-state index contributed by atoms with van der Waals surface area (Å²) in [6, 6.07) is 7.51. The van der Waals surface area contributed by atoms with Crippen molar-refractivity contribution in [2.45, 2.75) is 13.5 Å². The molecule has 0 aliphatic rings. The lowest BCUT2D eigenvalue weighted by Crippen LogP contribution is -2.11. The Bertz CT molecular complexity index is 681. The molecule has 1 aromatic carbocycles. The molecule has 1 heterocycles. The molecular weight excluding hydrogens is 340 g/mol. The van der Waals surface area contributed by atoms with E-state index in [4.69, 9.17) is 9.84 Å². The zero-order chi connectivity index (χ0) is 15.4. The molecular formula is C14H13BrN2O4. The van der Waals surface area contributed by atoms with E-state index in [2.05, 4.69) is 21.0 Å². The number of hydrogen-bond donors (Lipinski definition) is 1. The maximum atomic E-state index is 11.7. The van der Waals surface area contributed by atoms with E-state index in [1.165, 1.54) is 10.9 Å². The summed E-state index contributed by atoms with van der Waals surface area (Å²) >= 11 is 3.41. The quantitative estimate of drug-likeness (QED) is 0.836. The van der Waals surface area contributed by atoms with E-state index < -0.39 is 11.9 Å². The average Bonchev–Trinajstić information content (AvgIpc) is 2.86. The Balaban J connectivity index is 2.34. The van der Waals surface area contributed by atoms with Crippen molar-refractivity contribution in [3.8, 4) is 0 Å². The molecule has 6 nitrogen and oxygen atoms in total. The highest BCUT2D eigenvalue weighted by Gasteiger charge is 2.22. The van der Waals surface area contributed by atoms with Crippen LogP contribution in [0.1, 0.15) is 33.3 Å². The fourth-order valence-corrected chi connectivity index (χ4v) is 2.22. The number of carboxylic acids is 1. The molecule has 0 fully saturated rings. The normalized spacial score (nSPS) is 10.4. The van der Waals surface area contributed by atoms with Crippen molar-refractivity contribution in [1.82, 2.24) is 9.78 Å². The van der Waals surface area contributed by atoms with Crippen LogP contribution >= 0.6 is 15.9 Å². The lowest BCUT2D eigenvalue weighted by atomic mass is 10.2. The minimum atomic E-state index is -1.21. The predicted octanol–water partition coefficient (Wildman–Crippen LogP) is 2.57. The molecule has 0 atom stereocenters. The second kappa shape index (κ2) is 6.53. The third-order valence-electron chi connectivity index (χ3n) is 2.75. The van der Waals surface area contributed by atoms with Crippen LogP contribution in [-0.2, 0) is 11.3 Å². The maximum absolute atomic E-state index is 11.7. The molecule has 0 saturated carbocycles. The Kier molecular flexibility index (Phi) is 4.74. The zero-order valence-electron chi connectivity index (χ0n) is 11.2. The molecule has 0 bridgehead atoms. The highest BCUT2D eigenvalue weighted by molar-refractivity contribution is 9.10. The predicted molar refractivity (Wildman–Crippen MR) is 78.4 cm³/mol. The minimum Gasteiger partial charge on any atom is -0.478 e. The van der Waals surface area contributed by atoms with Gasteiger partial charge in [0.15, 0.2) is 5.69 Å². The van der Waals surface area contributed by atoms with Gasteiger partial charge in [-0.3, -0.25) is 4.68 Å². The number of nitrogens with zero attached hydrogens (tertiary/aromatic N) is 2. The summed E-state index contributed by atoms with van der Waals surface area (Å²) in [5.41, 5.74) is 0.573. The highest BCUT2D eigenvalue weighted by atomic mass is 79.9. The molecule has 2 aromatic rings. The number of carbonyl (C=O) groups excluding carboxylic acids is 1. The molecule has 0 aliphatic heterocycles. The van der Waals surface area contributed by atoms with Crippen molar-refractivity contribution < 1.29 is 19.4 Å². The van der Waals surface area contributed by atoms with Crippen LogP contribution in [0.4, 0.5) is 0 Å². The van der Waals surface area contributed by atoms with Gasteiger partial charge in [-0.05, 0) is 18.6 Å². The molecule has 1 N–H and O–H groups in total. The maximum Gasteiger partial charge on any atom is 0.359 e. The lowest BCUT2D eigenvalue weighted by Gasteiger charge is -2.04. The molecule has 1 aromatic heterocycles. The van der Waals surface area contributed by atoms with Crippen LogP contribution in [0.15, 0.2) is 34.9 Å². The molecule has 0 aliphatic carbocycles. The third-order valence-corrected chi connectivity index (χ3v) is 3.52. The molecule has 2 rings (SSSR count). The van der Waals surface area contributed by atoms with Gasteiger partial charge >= 0.3 is 11.9 Å². The Labute approximate surface area is 129 Å². The van der Waals surface area contributed by atoms with Crippen LogP contribution in [-0.4, -0.2) is 33.4 Å². The first kappa shape index (κ1) is 15.2. The van der Waals surface area contributed by atoms with Crippen molar-refractivity contribution in [2.75, 3.05) is 6.61 Å². The summed E-state index contributed by atoms with van der Waals surface area (Å²) in [4.78, 5) is 22.9. The summed E-state index contributed by atoms with van der Waals surface area (Å²) in [6.07, 6.45) is 1.33. The van der Waals surface area contributed by atoms with E-state index in [1.807, 2.05) is 24.3 Å². The smallest absolute Gasteiger partial charge is 0.359 e. The summed E-state index contributed by atoms with van der Waals surface area (Å²) in [5.74, 6) is -1.95. The Hall–Kier alpha value is -2.15. The second-order valence-electron chi connectivity index (χ2n) is 4.21. The standard InChI is InChI=1S/C14H13BrN2O4/c1-2-21-14(20)12-10(13(18)19)8-17(16-12)7-9-5-3-4-6-11(9)15/h3-6,8H,2,7H2,1H3,(H,18,19). The minimum absolute atomic E-state index is 0.162. The highest BCUT2D eigenvalue weighted by Crippen LogP contribution is 2.18. The number of ether oxygens (including phenoxy) is 1. The van der Waals surface area contributed by atoms with Gasteiger partial charge in [0.25, 0.3) is 0 Å². The second-order valence-corrected chi connectivity index (χ2v) is 5.06. The largest absolute Gasteiger partial charge is 0.478 e. The first-order valence-corrected chi connectivity index (χ1v) is 7.03. The van der Waals surface area contributed by atoms with Crippen molar-refractivity contribution in [1.29, 1.82) is 0 Å². The van der Waals surface area contributed by atoms with Crippen LogP contribution in [0, 0.1) is 0 Å². The van der Waals surface area contributed by atoms with Gasteiger partial charge in [0.1, 0.15) is 5.56 Å². The molecule has 110 valence electrons. The fraction of sp³-hybridized carbons (Fsp3) is 0.214. The average molecular weight is 353 g/mol. The van der Waals surface area contributed by atoms with Gasteiger partial charge < -0.3 is 9.84 Å². The molecule has 0 saturated heterocycles. The van der Waals surface area contributed by atoms with Crippen LogP contribution in [0.3, 0.4) is 0 Å². The molecule has 21 heavy (non-hydrogen) atoms. The van der Waals surface area contributed by atoms with Gasteiger partial charge in [-0.2, -0.15) is 5.10 Å². The Morgan fingerprint density at radius 1 is 1.38 bits per heavy atom. The van der Waals surface area contributed by atoms with Gasteiger partial charge in [-0.25, -0.2) is 9.59 Å². The van der Waals surface area contributed by atoms with Crippen LogP contribution in [0.25, 0.3) is 0 Å². The number of aromatic carboxylic acids is 1. The first-order chi connectivity index (χ1) is 10.0. The molecule has 7 heteroatoms. The Morgan fingerprint density at radius 3 is 2.71 bits per heavy atom. The number of carbonyl (C=O) groups is 2. The SMILES string of the molecule is CCOC(=O)c1nn(Cc2ccccc2Br)cc1C(=O)O. The summed E-state index contributed by atoms with van der Waals surface area (Å²) < 4.78 is 7.12.